The zero-order valence-corrected chi connectivity index (χ0v) is 23.4. The molecule has 1 aliphatic heterocycles. The SMILES string of the molecule is CC(C)NC(=O)[C@H]1CCC[C@H]1Nc1nc(Nc2ccc(C(=O)NCCC3=CC=CCN3C)cc2)ncc1C(F)(F)F. The third-order valence-electron chi connectivity index (χ3n) is 7.06. The Kier molecular flexibility index (Phi) is 9.51. The molecule has 4 rings (SSSR count). The molecular formula is C29H36F3N7O2. The molecule has 0 spiro atoms. The van der Waals surface area contributed by atoms with Gasteiger partial charge in [0, 0.05) is 61.8 Å². The summed E-state index contributed by atoms with van der Waals surface area (Å²) < 4.78 is 41.3. The Bertz CT molecular complexity index is 1290. The van der Waals surface area contributed by atoms with E-state index in [9.17, 15) is 22.8 Å². The van der Waals surface area contributed by atoms with E-state index >= 15 is 0 Å². The molecule has 2 heterocycles. The molecule has 2 amide bonds. The Labute approximate surface area is 237 Å². The lowest BCUT2D eigenvalue weighted by atomic mass is 10.0. The topological polar surface area (TPSA) is 111 Å². The molecule has 0 saturated heterocycles. The van der Waals surface area contributed by atoms with Gasteiger partial charge in [0.2, 0.25) is 11.9 Å². The molecule has 1 aromatic carbocycles. The molecule has 2 aliphatic rings. The maximum atomic E-state index is 13.8. The number of alkyl halides is 3. The number of rotatable bonds is 10. The van der Waals surface area contributed by atoms with Crippen molar-refractivity contribution in [2.45, 2.75) is 57.8 Å². The minimum absolute atomic E-state index is 0.0437. The van der Waals surface area contributed by atoms with Crippen molar-refractivity contribution in [3.63, 3.8) is 0 Å². The van der Waals surface area contributed by atoms with Crippen molar-refractivity contribution in [1.82, 2.24) is 25.5 Å². The van der Waals surface area contributed by atoms with Crippen LogP contribution < -0.4 is 21.3 Å². The largest absolute Gasteiger partial charge is 0.421 e. The molecule has 0 radical (unpaired) electrons. The minimum Gasteiger partial charge on any atom is -0.374 e. The highest BCUT2D eigenvalue weighted by molar-refractivity contribution is 5.94. The molecule has 2 atom stereocenters. The maximum absolute atomic E-state index is 13.8. The van der Waals surface area contributed by atoms with E-state index in [1.807, 2.05) is 33.0 Å². The van der Waals surface area contributed by atoms with Crippen LogP contribution >= 0.6 is 0 Å². The third kappa shape index (κ3) is 7.99. The molecule has 1 saturated carbocycles. The number of nitrogens with zero attached hydrogens (tertiary/aromatic N) is 3. The molecule has 1 aromatic heterocycles. The van der Waals surface area contributed by atoms with Gasteiger partial charge in [0.15, 0.2) is 0 Å². The summed E-state index contributed by atoms with van der Waals surface area (Å²) in [5.74, 6) is -1.29. The predicted molar refractivity (Wildman–Crippen MR) is 152 cm³/mol. The van der Waals surface area contributed by atoms with Gasteiger partial charge in [0.25, 0.3) is 5.91 Å². The van der Waals surface area contributed by atoms with Crippen LogP contribution in [0.4, 0.5) is 30.6 Å². The molecule has 1 aliphatic carbocycles. The second kappa shape index (κ2) is 13.0. The van der Waals surface area contributed by atoms with Gasteiger partial charge in [-0.3, -0.25) is 9.59 Å². The third-order valence-corrected chi connectivity index (χ3v) is 7.06. The van der Waals surface area contributed by atoms with Crippen LogP contribution in [0.1, 0.15) is 55.5 Å². The summed E-state index contributed by atoms with van der Waals surface area (Å²) in [6.45, 7) is 5.00. The van der Waals surface area contributed by atoms with Crippen LogP contribution in [0.15, 0.2) is 54.4 Å². The van der Waals surface area contributed by atoms with Crippen LogP contribution in [0.2, 0.25) is 0 Å². The molecule has 220 valence electrons. The van der Waals surface area contributed by atoms with Crippen LogP contribution in [0.5, 0.6) is 0 Å². The van der Waals surface area contributed by atoms with E-state index in [2.05, 4.69) is 42.2 Å². The zero-order chi connectivity index (χ0) is 29.6. The quantitative estimate of drug-likeness (QED) is 0.323. The fraction of sp³-hybridized carbons (Fsp3) is 0.448. The molecule has 4 N–H and O–H groups in total. The summed E-state index contributed by atoms with van der Waals surface area (Å²) in [4.78, 5) is 35.3. The Hall–Kier alpha value is -4.09. The summed E-state index contributed by atoms with van der Waals surface area (Å²) in [6.07, 6.45) is 4.70. The van der Waals surface area contributed by atoms with Crippen LogP contribution in [0, 0.1) is 5.92 Å². The lowest BCUT2D eigenvalue weighted by Gasteiger charge is -2.24. The Morgan fingerprint density at radius 3 is 2.59 bits per heavy atom. The van der Waals surface area contributed by atoms with Crippen LogP contribution in [-0.2, 0) is 11.0 Å². The number of amides is 2. The number of aromatic nitrogens is 2. The Morgan fingerprint density at radius 2 is 1.90 bits per heavy atom. The molecular weight excluding hydrogens is 535 g/mol. The normalized spacial score (nSPS) is 18.7. The Balaban J connectivity index is 1.41. The van der Waals surface area contributed by atoms with Crippen molar-refractivity contribution in [2.24, 2.45) is 5.92 Å². The smallest absolute Gasteiger partial charge is 0.374 e. The first-order valence-electron chi connectivity index (χ1n) is 13.7. The summed E-state index contributed by atoms with van der Waals surface area (Å²) in [5, 5.41) is 11.5. The average Bonchev–Trinajstić information content (AvgIpc) is 3.37. The first-order chi connectivity index (χ1) is 19.5. The van der Waals surface area contributed by atoms with E-state index in [4.69, 9.17) is 0 Å². The van der Waals surface area contributed by atoms with Gasteiger partial charge >= 0.3 is 6.18 Å². The molecule has 41 heavy (non-hydrogen) atoms. The minimum atomic E-state index is -4.68. The second-order valence-corrected chi connectivity index (χ2v) is 10.6. The van der Waals surface area contributed by atoms with E-state index in [1.165, 1.54) is 0 Å². The van der Waals surface area contributed by atoms with Gasteiger partial charge in [-0.15, -0.1) is 0 Å². The Morgan fingerprint density at radius 1 is 1.15 bits per heavy atom. The van der Waals surface area contributed by atoms with Gasteiger partial charge in [0.1, 0.15) is 11.4 Å². The number of likely N-dealkylation sites (N-methyl/N-ethyl adjacent to an activating group) is 1. The van der Waals surface area contributed by atoms with Crippen molar-refractivity contribution in [3.05, 3.63) is 65.5 Å². The summed E-state index contributed by atoms with van der Waals surface area (Å²) in [7, 11) is 2.00. The number of nitrogens with one attached hydrogen (secondary N) is 4. The molecule has 9 nitrogen and oxygen atoms in total. The van der Waals surface area contributed by atoms with Crippen molar-refractivity contribution >= 4 is 29.3 Å². The van der Waals surface area contributed by atoms with Gasteiger partial charge in [0.05, 0.1) is 5.92 Å². The van der Waals surface area contributed by atoms with Crippen molar-refractivity contribution in [3.8, 4) is 0 Å². The number of allylic oxidation sites excluding steroid dienone is 2. The lowest BCUT2D eigenvalue weighted by Crippen LogP contribution is -2.41. The monoisotopic (exact) mass is 571 g/mol. The van der Waals surface area contributed by atoms with E-state index in [0.29, 0.717) is 37.1 Å². The van der Waals surface area contributed by atoms with E-state index in [1.54, 1.807) is 24.3 Å². The lowest BCUT2D eigenvalue weighted by molar-refractivity contribution is -0.137. The van der Waals surface area contributed by atoms with Gasteiger partial charge in [-0.05, 0) is 57.0 Å². The molecule has 1 fully saturated rings. The van der Waals surface area contributed by atoms with Crippen molar-refractivity contribution in [2.75, 3.05) is 30.8 Å². The van der Waals surface area contributed by atoms with Crippen LogP contribution in [0.25, 0.3) is 0 Å². The number of anilines is 3. The fourth-order valence-electron chi connectivity index (χ4n) is 4.93. The number of carbonyl (C=O) groups excluding carboxylic acids is 2. The summed E-state index contributed by atoms with van der Waals surface area (Å²) >= 11 is 0. The highest BCUT2D eigenvalue weighted by atomic mass is 19.4. The maximum Gasteiger partial charge on any atom is 0.421 e. The van der Waals surface area contributed by atoms with E-state index < -0.39 is 23.7 Å². The predicted octanol–water partition coefficient (Wildman–Crippen LogP) is 4.85. The molecule has 2 aromatic rings. The highest BCUT2D eigenvalue weighted by Crippen LogP contribution is 2.36. The number of hydrogen-bond donors (Lipinski definition) is 4. The molecule has 0 bridgehead atoms. The van der Waals surface area contributed by atoms with Gasteiger partial charge < -0.3 is 26.2 Å². The average molecular weight is 572 g/mol. The fourth-order valence-corrected chi connectivity index (χ4v) is 4.93. The number of halogens is 3. The van der Waals surface area contributed by atoms with E-state index in [0.717, 1.165) is 24.9 Å². The van der Waals surface area contributed by atoms with E-state index in [-0.39, 0.29) is 29.6 Å². The van der Waals surface area contributed by atoms with Crippen molar-refractivity contribution < 1.29 is 22.8 Å². The first kappa shape index (κ1) is 29.9. The van der Waals surface area contributed by atoms with Gasteiger partial charge in [-0.1, -0.05) is 18.6 Å². The van der Waals surface area contributed by atoms with Crippen LogP contribution in [0.3, 0.4) is 0 Å². The van der Waals surface area contributed by atoms with Gasteiger partial charge in [-0.25, -0.2) is 4.98 Å². The number of hydrogen-bond acceptors (Lipinski definition) is 7. The number of carbonyl (C=O) groups is 2. The zero-order valence-electron chi connectivity index (χ0n) is 23.4. The van der Waals surface area contributed by atoms with Crippen molar-refractivity contribution in [1.29, 1.82) is 0 Å². The summed E-state index contributed by atoms with van der Waals surface area (Å²) in [6, 6.07) is 5.95. The van der Waals surface area contributed by atoms with Gasteiger partial charge in [-0.2, -0.15) is 18.2 Å². The number of benzene rings is 1. The highest BCUT2D eigenvalue weighted by Gasteiger charge is 2.39. The first-order valence-corrected chi connectivity index (χ1v) is 13.7. The second-order valence-electron chi connectivity index (χ2n) is 10.6. The molecule has 0 unspecified atom stereocenters. The molecule has 12 heteroatoms. The summed E-state index contributed by atoms with van der Waals surface area (Å²) in [5.41, 5.74) is 1.09. The van der Waals surface area contributed by atoms with Crippen LogP contribution in [-0.4, -0.2) is 58.9 Å². The standard InChI is InChI=1S/C29H36F3N7O2/c1-18(2)35-27(41)22-8-6-9-24(22)37-25-23(29(30,31)32)17-34-28(38-25)36-20-12-10-19(11-13-20)26(40)33-15-14-21-7-4-5-16-39(21)3/h4-5,7,10-13,17-18,22,24H,6,8-9,14-16H2,1-3H3,(H,33,40)(H,35,41)(H2,34,36,37,38)/t22-,24+/m0/s1.